The van der Waals surface area contributed by atoms with Crippen molar-refractivity contribution in [3.63, 3.8) is 0 Å². The van der Waals surface area contributed by atoms with E-state index < -0.39 is 17.7 Å². The standard InChI is InChI=1S/C28H29FN4O5/c1-5-37-28(36)22-16-21-24(30-23-18(4)8-6-13-33(23)27(21)35)32(14-7-15-38-17(2)3)25(22)31-26(34)19-9-11-20(29)12-10-19/h6,8-13,16-17H,5,7,14-15H2,1-4H3. The normalized spacial score (nSPS) is 12.0. The van der Waals surface area contributed by atoms with Crippen molar-refractivity contribution >= 4 is 28.6 Å². The van der Waals surface area contributed by atoms with Gasteiger partial charge in [0.05, 0.1) is 18.1 Å². The summed E-state index contributed by atoms with van der Waals surface area (Å²) in [6.07, 6.45) is 2.12. The molecule has 0 aliphatic carbocycles. The summed E-state index contributed by atoms with van der Waals surface area (Å²) < 4.78 is 27.4. The maximum absolute atomic E-state index is 13.5. The first-order chi connectivity index (χ1) is 18.2. The van der Waals surface area contributed by atoms with Crippen molar-refractivity contribution in [1.82, 2.24) is 14.0 Å². The lowest BCUT2D eigenvalue weighted by molar-refractivity contribution is 0.0523. The van der Waals surface area contributed by atoms with E-state index in [-0.39, 0.29) is 52.5 Å². The smallest absolute Gasteiger partial charge is 0.341 e. The number of hydrogen-bond donors (Lipinski definition) is 0. The summed E-state index contributed by atoms with van der Waals surface area (Å²) in [5.74, 6) is -1.91. The molecule has 0 aliphatic heterocycles. The third-order valence-electron chi connectivity index (χ3n) is 5.88. The van der Waals surface area contributed by atoms with E-state index in [1.165, 1.54) is 22.6 Å². The van der Waals surface area contributed by atoms with Gasteiger partial charge in [-0.15, -0.1) is 0 Å². The van der Waals surface area contributed by atoms with Gasteiger partial charge in [0.25, 0.3) is 11.5 Å². The van der Waals surface area contributed by atoms with Crippen LogP contribution in [0.2, 0.25) is 0 Å². The molecule has 0 saturated carbocycles. The van der Waals surface area contributed by atoms with E-state index in [1.54, 1.807) is 23.8 Å². The van der Waals surface area contributed by atoms with Crippen LogP contribution >= 0.6 is 0 Å². The number of ether oxygens (including phenoxy) is 2. The summed E-state index contributed by atoms with van der Waals surface area (Å²) in [6, 6.07) is 9.89. The van der Waals surface area contributed by atoms with Crippen molar-refractivity contribution in [3.8, 4) is 0 Å². The highest BCUT2D eigenvalue weighted by molar-refractivity contribution is 5.97. The third-order valence-corrected chi connectivity index (χ3v) is 5.88. The molecular weight excluding hydrogens is 491 g/mol. The van der Waals surface area contributed by atoms with Gasteiger partial charge in [-0.2, -0.15) is 4.99 Å². The Bertz CT molecular complexity index is 1640. The molecule has 10 heteroatoms. The number of halogens is 1. The van der Waals surface area contributed by atoms with E-state index in [2.05, 4.69) is 4.99 Å². The molecule has 0 aliphatic rings. The first kappa shape index (κ1) is 26.9. The fourth-order valence-corrected chi connectivity index (χ4v) is 4.07. The second-order valence-corrected chi connectivity index (χ2v) is 8.99. The van der Waals surface area contributed by atoms with Gasteiger partial charge in [-0.1, -0.05) is 6.07 Å². The van der Waals surface area contributed by atoms with Gasteiger partial charge < -0.3 is 14.0 Å². The molecule has 0 radical (unpaired) electrons. The molecule has 1 amide bonds. The molecule has 38 heavy (non-hydrogen) atoms. The highest BCUT2D eigenvalue weighted by Crippen LogP contribution is 2.15. The molecule has 3 aromatic heterocycles. The van der Waals surface area contributed by atoms with Gasteiger partial charge in [0.2, 0.25) is 0 Å². The lowest BCUT2D eigenvalue weighted by Crippen LogP contribution is -2.33. The van der Waals surface area contributed by atoms with Crippen LogP contribution in [0.4, 0.5) is 4.39 Å². The number of amides is 1. The van der Waals surface area contributed by atoms with Crippen LogP contribution in [-0.2, 0) is 16.0 Å². The number of aryl methyl sites for hydroxylation is 2. The summed E-state index contributed by atoms with van der Waals surface area (Å²) >= 11 is 0. The van der Waals surface area contributed by atoms with Crippen molar-refractivity contribution in [2.24, 2.45) is 4.99 Å². The molecule has 3 heterocycles. The van der Waals surface area contributed by atoms with Crippen LogP contribution in [0.3, 0.4) is 0 Å². The van der Waals surface area contributed by atoms with E-state index in [1.807, 2.05) is 26.8 Å². The first-order valence-electron chi connectivity index (χ1n) is 12.4. The molecule has 0 unspecified atom stereocenters. The highest BCUT2D eigenvalue weighted by Gasteiger charge is 2.20. The predicted octanol–water partition coefficient (Wildman–Crippen LogP) is 3.83. The van der Waals surface area contributed by atoms with E-state index in [0.29, 0.717) is 18.7 Å². The van der Waals surface area contributed by atoms with Crippen LogP contribution in [0.5, 0.6) is 0 Å². The molecule has 0 N–H and O–H groups in total. The number of hydrogen-bond acceptors (Lipinski definition) is 6. The molecule has 9 nitrogen and oxygen atoms in total. The minimum absolute atomic E-state index is 0.000318. The van der Waals surface area contributed by atoms with Crippen molar-refractivity contribution in [3.05, 3.63) is 87.0 Å². The molecule has 0 spiro atoms. The number of aromatic nitrogens is 3. The maximum atomic E-state index is 13.5. The number of rotatable bonds is 8. The van der Waals surface area contributed by atoms with Gasteiger partial charge in [-0.25, -0.2) is 14.2 Å². The number of pyridine rings is 2. The summed E-state index contributed by atoms with van der Waals surface area (Å²) in [6.45, 7) is 8.06. The van der Waals surface area contributed by atoms with E-state index in [4.69, 9.17) is 14.5 Å². The Balaban J connectivity index is 2.05. The molecule has 0 saturated heterocycles. The van der Waals surface area contributed by atoms with Crippen molar-refractivity contribution in [2.75, 3.05) is 13.2 Å². The van der Waals surface area contributed by atoms with Crippen LogP contribution in [0.1, 0.15) is 53.5 Å². The number of benzene rings is 1. The molecule has 4 rings (SSSR count). The molecular formula is C28H29FN4O5. The van der Waals surface area contributed by atoms with E-state index >= 15 is 0 Å². The first-order valence-corrected chi connectivity index (χ1v) is 12.4. The van der Waals surface area contributed by atoms with Crippen LogP contribution in [0.15, 0.2) is 58.4 Å². The number of carbonyl (C=O) groups is 2. The topological polar surface area (TPSA) is 104 Å². The minimum Gasteiger partial charge on any atom is -0.462 e. The Kier molecular flexibility index (Phi) is 8.11. The lowest BCUT2D eigenvalue weighted by atomic mass is 10.2. The summed E-state index contributed by atoms with van der Waals surface area (Å²) in [4.78, 5) is 48.8. The molecule has 198 valence electrons. The van der Waals surface area contributed by atoms with Crippen molar-refractivity contribution < 1.29 is 23.5 Å². The zero-order valence-corrected chi connectivity index (χ0v) is 21.7. The number of fused-ring (bicyclic) bond motifs is 2. The minimum atomic E-state index is -0.735. The molecule has 4 aromatic rings. The lowest BCUT2D eigenvalue weighted by Gasteiger charge is -2.16. The molecule has 0 atom stereocenters. The predicted molar refractivity (Wildman–Crippen MR) is 140 cm³/mol. The quantitative estimate of drug-likeness (QED) is 0.199. The summed E-state index contributed by atoms with van der Waals surface area (Å²) in [5, 5.41) is 0.175. The molecule has 1 aromatic carbocycles. The Morgan fingerprint density at radius 3 is 2.55 bits per heavy atom. The van der Waals surface area contributed by atoms with Crippen LogP contribution in [0.25, 0.3) is 16.7 Å². The van der Waals surface area contributed by atoms with Gasteiger partial charge >= 0.3 is 5.97 Å². The van der Waals surface area contributed by atoms with Crippen molar-refractivity contribution in [2.45, 2.75) is 46.8 Å². The Hall–Kier alpha value is -4.18. The zero-order chi connectivity index (χ0) is 27.4. The fourth-order valence-electron chi connectivity index (χ4n) is 4.07. The Labute approximate surface area is 218 Å². The Morgan fingerprint density at radius 2 is 1.87 bits per heavy atom. The molecule has 0 bridgehead atoms. The van der Waals surface area contributed by atoms with Gasteiger partial charge in [-0.05, 0) is 76.1 Å². The third kappa shape index (κ3) is 5.55. The monoisotopic (exact) mass is 520 g/mol. The summed E-state index contributed by atoms with van der Waals surface area (Å²) in [7, 11) is 0. The van der Waals surface area contributed by atoms with Crippen LogP contribution in [-0.4, -0.2) is 45.1 Å². The maximum Gasteiger partial charge on any atom is 0.341 e. The highest BCUT2D eigenvalue weighted by atomic mass is 19.1. The zero-order valence-electron chi connectivity index (χ0n) is 21.7. The van der Waals surface area contributed by atoms with Crippen LogP contribution < -0.4 is 11.0 Å². The molecule has 0 fully saturated rings. The number of carbonyl (C=O) groups excluding carboxylic acids is 2. The second kappa shape index (κ2) is 11.5. The fraction of sp³-hybridized carbons (Fsp3) is 0.321. The van der Waals surface area contributed by atoms with Gasteiger partial charge in [-0.3, -0.25) is 14.0 Å². The van der Waals surface area contributed by atoms with E-state index in [0.717, 1.165) is 17.7 Å². The largest absolute Gasteiger partial charge is 0.462 e. The second-order valence-electron chi connectivity index (χ2n) is 8.99. The van der Waals surface area contributed by atoms with Gasteiger partial charge in [0.1, 0.15) is 22.7 Å². The van der Waals surface area contributed by atoms with Gasteiger partial charge in [0, 0.05) is 24.9 Å². The van der Waals surface area contributed by atoms with Crippen LogP contribution in [0, 0.1) is 12.7 Å². The van der Waals surface area contributed by atoms with Crippen molar-refractivity contribution in [1.29, 1.82) is 0 Å². The average molecular weight is 521 g/mol. The Morgan fingerprint density at radius 1 is 1.13 bits per heavy atom. The van der Waals surface area contributed by atoms with E-state index in [9.17, 15) is 18.8 Å². The number of esters is 1. The SMILES string of the molecule is CCOC(=O)c1cc2c(=O)n3cccc(C)c3nc2n(CCCOC(C)C)c1=NC(=O)c1ccc(F)cc1. The average Bonchev–Trinajstić information content (AvgIpc) is 2.88. The number of nitrogens with zero attached hydrogens (tertiary/aromatic N) is 4. The van der Waals surface area contributed by atoms with Gasteiger partial charge in [0.15, 0.2) is 5.49 Å². The summed E-state index contributed by atoms with van der Waals surface area (Å²) in [5.41, 5.74) is 1.20.